The van der Waals surface area contributed by atoms with E-state index in [-0.39, 0.29) is 5.91 Å². The van der Waals surface area contributed by atoms with Crippen LogP contribution in [0.25, 0.3) is 10.4 Å². The van der Waals surface area contributed by atoms with E-state index in [1.165, 1.54) is 23.1 Å². The molecule has 3 rings (SSSR count). The molecule has 1 atom stereocenters. The summed E-state index contributed by atoms with van der Waals surface area (Å²) in [4.78, 5) is 26.8. The minimum absolute atomic E-state index is 0.119. The second-order valence-electron chi connectivity index (χ2n) is 5.16. The van der Waals surface area contributed by atoms with Gasteiger partial charge in [0.1, 0.15) is 0 Å². The van der Waals surface area contributed by atoms with Gasteiger partial charge in [0.05, 0.1) is 5.56 Å². The van der Waals surface area contributed by atoms with E-state index in [1.54, 1.807) is 4.90 Å². The Hall–Kier alpha value is -1.79. The molecule has 1 saturated heterocycles. The van der Waals surface area contributed by atoms with Crippen molar-refractivity contribution in [2.24, 2.45) is 5.73 Å². The normalized spacial score (nSPS) is 17.7. The number of rotatable bonds is 3. The van der Waals surface area contributed by atoms with E-state index in [4.69, 9.17) is 5.73 Å². The molecular weight excluding hydrogens is 316 g/mol. The minimum Gasteiger partial charge on any atom is -0.367 e. The molecule has 1 aliphatic heterocycles. The summed E-state index contributed by atoms with van der Waals surface area (Å²) < 4.78 is 0. The van der Waals surface area contributed by atoms with Gasteiger partial charge in [-0.25, -0.2) is 0 Å². The third kappa shape index (κ3) is 2.76. The second kappa shape index (κ2) is 6.14. The molecular formula is C16H16N2O2S2. The van der Waals surface area contributed by atoms with Crippen molar-refractivity contribution >= 4 is 34.9 Å². The molecule has 2 heterocycles. The maximum absolute atomic E-state index is 12.8. The van der Waals surface area contributed by atoms with Crippen LogP contribution in [0.5, 0.6) is 0 Å². The van der Waals surface area contributed by atoms with Gasteiger partial charge in [-0.05, 0) is 23.9 Å². The number of benzene rings is 1. The summed E-state index contributed by atoms with van der Waals surface area (Å²) in [7, 11) is 0. The maximum Gasteiger partial charge on any atom is 0.256 e. The lowest BCUT2D eigenvalue weighted by molar-refractivity contribution is -0.119. The second-order valence-corrected chi connectivity index (χ2v) is 7.26. The highest BCUT2D eigenvalue weighted by Gasteiger charge is 2.35. The number of nitrogens with zero attached hydrogens (tertiary/aromatic N) is 1. The summed E-state index contributed by atoms with van der Waals surface area (Å²) in [5.74, 6) is 0.165. The van der Waals surface area contributed by atoms with Crippen LogP contribution in [0.3, 0.4) is 0 Å². The molecule has 1 unspecified atom stereocenters. The lowest BCUT2D eigenvalue weighted by Crippen LogP contribution is -2.42. The van der Waals surface area contributed by atoms with E-state index in [0.717, 1.165) is 21.8 Å². The zero-order valence-corrected chi connectivity index (χ0v) is 13.7. The Bertz CT molecular complexity index is 726. The fourth-order valence-electron chi connectivity index (χ4n) is 2.56. The van der Waals surface area contributed by atoms with E-state index in [2.05, 4.69) is 6.07 Å². The average Bonchev–Trinajstić information content (AvgIpc) is 3.15. The van der Waals surface area contributed by atoms with Crippen molar-refractivity contribution in [2.75, 3.05) is 12.3 Å². The number of thioether (sulfide) groups is 1. The van der Waals surface area contributed by atoms with E-state index >= 15 is 0 Å². The van der Waals surface area contributed by atoms with Crippen molar-refractivity contribution in [2.45, 2.75) is 12.3 Å². The molecule has 1 aliphatic rings. The Balaban J connectivity index is 1.95. The van der Waals surface area contributed by atoms with Gasteiger partial charge in [-0.15, -0.1) is 23.1 Å². The predicted molar refractivity (Wildman–Crippen MR) is 91.0 cm³/mol. The first-order valence-corrected chi connectivity index (χ1v) is 8.87. The van der Waals surface area contributed by atoms with Gasteiger partial charge < -0.3 is 10.6 Å². The van der Waals surface area contributed by atoms with Crippen LogP contribution in [0.15, 0.2) is 35.7 Å². The number of amides is 2. The van der Waals surface area contributed by atoms with Crippen LogP contribution < -0.4 is 5.73 Å². The summed E-state index contributed by atoms with van der Waals surface area (Å²) >= 11 is 2.96. The molecule has 114 valence electrons. The third-order valence-corrected chi connectivity index (χ3v) is 5.76. The SMILES string of the molecule is Cc1cccc(-c2sccc2C(=O)N2CCSC2C(N)=O)c1. The number of carbonyl (C=O) groups is 2. The molecule has 0 saturated carbocycles. The fraction of sp³-hybridized carbons (Fsp3) is 0.250. The summed E-state index contributed by atoms with van der Waals surface area (Å²) in [5.41, 5.74) is 8.22. The van der Waals surface area contributed by atoms with Crippen LogP contribution in [0.1, 0.15) is 15.9 Å². The number of hydrogen-bond acceptors (Lipinski definition) is 4. The van der Waals surface area contributed by atoms with Crippen molar-refractivity contribution in [1.29, 1.82) is 0 Å². The summed E-state index contributed by atoms with van der Waals surface area (Å²) in [6.07, 6.45) is 0. The molecule has 0 spiro atoms. The Morgan fingerprint density at radius 1 is 1.32 bits per heavy atom. The fourth-order valence-corrected chi connectivity index (χ4v) is 4.51. The summed E-state index contributed by atoms with van der Waals surface area (Å²) in [6, 6.07) is 9.90. The quantitative estimate of drug-likeness (QED) is 0.940. The lowest BCUT2D eigenvalue weighted by Gasteiger charge is -2.21. The Labute approximate surface area is 137 Å². The topological polar surface area (TPSA) is 63.4 Å². The van der Waals surface area contributed by atoms with Crippen LogP contribution in [0.4, 0.5) is 0 Å². The number of hydrogen-bond donors (Lipinski definition) is 1. The van der Waals surface area contributed by atoms with E-state index in [9.17, 15) is 9.59 Å². The van der Waals surface area contributed by atoms with Gasteiger partial charge in [-0.2, -0.15) is 0 Å². The lowest BCUT2D eigenvalue weighted by atomic mass is 10.1. The van der Waals surface area contributed by atoms with Crippen LogP contribution in [-0.4, -0.2) is 34.4 Å². The number of aryl methyl sites for hydroxylation is 1. The molecule has 2 aromatic rings. The van der Waals surface area contributed by atoms with Gasteiger partial charge in [0.25, 0.3) is 11.8 Å². The van der Waals surface area contributed by atoms with Crippen molar-refractivity contribution in [3.05, 3.63) is 46.8 Å². The van der Waals surface area contributed by atoms with Gasteiger partial charge >= 0.3 is 0 Å². The molecule has 6 heteroatoms. The van der Waals surface area contributed by atoms with Crippen LogP contribution in [-0.2, 0) is 4.79 Å². The van der Waals surface area contributed by atoms with Crippen molar-refractivity contribution < 1.29 is 9.59 Å². The van der Waals surface area contributed by atoms with Gasteiger partial charge in [-0.3, -0.25) is 9.59 Å². The molecule has 1 fully saturated rings. The van der Waals surface area contributed by atoms with Gasteiger partial charge in [0.15, 0.2) is 5.37 Å². The van der Waals surface area contributed by atoms with Gasteiger partial charge in [0.2, 0.25) is 0 Å². The Morgan fingerprint density at radius 2 is 2.14 bits per heavy atom. The highest BCUT2D eigenvalue weighted by Crippen LogP contribution is 2.33. The number of carbonyl (C=O) groups excluding carboxylic acids is 2. The molecule has 0 aliphatic carbocycles. The smallest absolute Gasteiger partial charge is 0.256 e. The third-order valence-electron chi connectivity index (χ3n) is 3.57. The van der Waals surface area contributed by atoms with Gasteiger partial charge in [-0.1, -0.05) is 29.8 Å². The maximum atomic E-state index is 12.8. The van der Waals surface area contributed by atoms with E-state index in [0.29, 0.717) is 12.1 Å². The highest BCUT2D eigenvalue weighted by atomic mass is 32.2. The van der Waals surface area contributed by atoms with Crippen molar-refractivity contribution in [1.82, 2.24) is 4.90 Å². The zero-order valence-electron chi connectivity index (χ0n) is 12.1. The van der Waals surface area contributed by atoms with Crippen LogP contribution in [0, 0.1) is 6.92 Å². The molecule has 2 N–H and O–H groups in total. The Morgan fingerprint density at radius 3 is 2.86 bits per heavy atom. The largest absolute Gasteiger partial charge is 0.367 e. The molecule has 1 aromatic carbocycles. The predicted octanol–water partition coefficient (Wildman–Crippen LogP) is 2.72. The van der Waals surface area contributed by atoms with Crippen LogP contribution in [0.2, 0.25) is 0 Å². The van der Waals surface area contributed by atoms with E-state index in [1.807, 2.05) is 36.6 Å². The molecule has 22 heavy (non-hydrogen) atoms. The number of primary amides is 1. The standard InChI is InChI=1S/C16H16N2O2S2/c1-10-3-2-4-11(9-10)13-12(5-7-21-13)15(20)18-6-8-22-16(18)14(17)19/h2-5,7,9,16H,6,8H2,1H3,(H2,17,19). The summed E-state index contributed by atoms with van der Waals surface area (Å²) in [5, 5.41) is 1.35. The van der Waals surface area contributed by atoms with Crippen molar-refractivity contribution in [3.8, 4) is 10.4 Å². The number of nitrogens with two attached hydrogens (primary N) is 1. The average molecular weight is 332 g/mol. The molecule has 4 nitrogen and oxygen atoms in total. The highest BCUT2D eigenvalue weighted by molar-refractivity contribution is 8.00. The van der Waals surface area contributed by atoms with Gasteiger partial charge in [0, 0.05) is 17.2 Å². The number of thiophene rings is 1. The molecule has 0 radical (unpaired) electrons. The first kappa shape index (κ1) is 15.1. The first-order valence-electron chi connectivity index (χ1n) is 6.94. The molecule has 2 amide bonds. The zero-order chi connectivity index (χ0) is 15.7. The molecule has 1 aromatic heterocycles. The molecule has 0 bridgehead atoms. The minimum atomic E-state index is -0.558. The van der Waals surface area contributed by atoms with E-state index < -0.39 is 11.3 Å². The Kier molecular flexibility index (Phi) is 4.22. The summed E-state index contributed by atoms with van der Waals surface area (Å²) in [6.45, 7) is 2.58. The van der Waals surface area contributed by atoms with Crippen LogP contribution >= 0.6 is 23.1 Å². The monoisotopic (exact) mass is 332 g/mol. The first-order chi connectivity index (χ1) is 10.6. The van der Waals surface area contributed by atoms with Crippen molar-refractivity contribution in [3.63, 3.8) is 0 Å².